The number of hydrogen-bond donors (Lipinski definition) is 1. The Bertz CT molecular complexity index is 867. The molecule has 1 aliphatic rings. The Labute approximate surface area is 158 Å². The molecule has 1 unspecified atom stereocenters. The predicted octanol–water partition coefficient (Wildman–Crippen LogP) is 2.62. The molecule has 2 aromatic heterocycles. The van der Waals surface area contributed by atoms with Crippen LogP contribution in [0.3, 0.4) is 0 Å². The molecular weight excluding hydrogens is 496 g/mol. The van der Waals surface area contributed by atoms with E-state index < -0.39 is 5.38 Å². The fraction of sp³-hybridized carbons (Fsp3) is 0.235. The zero-order valence-corrected chi connectivity index (χ0v) is 16.4. The van der Waals surface area contributed by atoms with Gasteiger partial charge in [-0.25, -0.2) is 0 Å². The number of fused-ring (bicyclic) bond motifs is 3. The van der Waals surface area contributed by atoms with E-state index in [1.54, 1.807) is 11.1 Å². The van der Waals surface area contributed by atoms with Gasteiger partial charge in [0.05, 0.1) is 0 Å². The van der Waals surface area contributed by atoms with Crippen LogP contribution in [0.1, 0.15) is 22.1 Å². The molecular formula is C17H14ClN4OW-. The fourth-order valence-corrected chi connectivity index (χ4v) is 3.28. The number of alkyl halides is 1. The van der Waals surface area contributed by atoms with Gasteiger partial charge in [0, 0.05) is 46.0 Å². The molecule has 1 aromatic carbocycles. The summed E-state index contributed by atoms with van der Waals surface area (Å²) in [6.45, 7) is 1.16. The first-order valence-corrected chi connectivity index (χ1v) is 7.88. The van der Waals surface area contributed by atoms with Crippen LogP contribution in [0.25, 0.3) is 11.0 Å². The number of amides is 1. The van der Waals surface area contributed by atoms with E-state index in [1.807, 2.05) is 30.3 Å². The Kier molecular flexibility index (Phi) is 5.02. The van der Waals surface area contributed by atoms with E-state index in [-0.39, 0.29) is 27.0 Å². The molecule has 0 bridgehead atoms. The van der Waals surface area contributed by atoms with E-state index in [9.17, 15) is 4.79 Å². The molecule has 122 valence electrons. The summed E-state index contributed by atoms with van der Waals surface area (Å²) >= 11 is 6.37. The number of rotatable bonds is 2. The fourth-order valence-electron chi connectivity index (χ4n) is 3.00. The minimum absolute atomic E-state index is 0. The van der Waals surface area contributed by atoms with Crippen LogP contribution in [-0.4, -0.2) is 32.5 Å². The van der Waals surface area contributed by atoms with Crippen LogP contribution in [0.15, 0.2) is 36.5 Å². The summed E-state index contributed by atoms with van der Waals surface area (Å²) in [4.78, 5) is 18.8. The summed E-state index contributed by atoms with van der Waals surface area (Å²) in [5, 5.41) is 7.00. The molecule has 1 aliphatic heterocycles. The van der Waals surface area contributed by atoms with Gasteiger partial charge in [-0.05, 0) is 11.8 Å². The van der Waals surface area contributed by atoms with E-state index in [4.69, 9.17) is 11.6 Å². The van der Waals surface area contributed by atoms with Gasteiger partial charge in [0.25, 0.3) is 0 Å². The van der Waals surface area contributed by atoms with E-state index in [0.717, 1.165) is 28.6 Å². The van der Waals surface area contributed by atoms with Crippen molar-refractivity contribution in [2.24, 2.45) is 0 Å². The maximum atomic E-state index is 12.7. The number of nitrogens with one attached hydrogen (secondary N) is 1. The van der Waals surface area contributed by atoms with Crippen LogP contribution in [0.4, 0.5) is 0 Å². The molecule has 0 spiro atoms. The van der Waals surface area contributed by atoms with E-state index in [2.05, 4.69) is 21.4 Å². The van der Waals surface area contributed by atoms with Gasteiger partial charge in [-0.3, -0.25) is 9.89 Å². The minimum atomic E-state index is -0.657. The summed E-state index contributed by atoms with van der Waals surface area (Å²) in [5.41, 5.74) is 3.76. The number of halogens is 1. The van der Waals surface area contributed by atoms with Crippen molar-refractivity contribution in [3.63, 3.8) is 0 Å². The average molecular weight is 510 g/mol. The number of H-pyrrole nitrogens is 1. The molecule has 3 aromatic rings. The topological polar surface area (TPSA) is 61.9 Å². The summed E-state index contributed by atoms with van der Waals surface area (Å²) in [6, 6.07) is 9.43. The molecule has 4 rings (SSSR count). The predicted molar refractivity (Wildman–Crippen MR) is 86.9 cm³/mol. The van der Waals surface area contributed by atoms with Crippen molar-refractivity contribution >= 4 is 28.5 Å². The van der Waals surface area contributed by atoms with Crippen molar-refractivity contribution in [3.05, 3.63) is 59.4 Å². The van der Waals surface area contributed by atoms with Gasteiger partial charge in [0.2, 0.25) is 5.91 Å². The Morgan fingerprint density at radius 3 is 2.92 bits per heavy atom. The number of nitrogens with zero attached hydrogens (tertiary/aromatic N) is 3. The van der Waals surface area contributed by atoms with Gasteiger partial charge >= 0.3 is 0 Å². The third-order valence-corrected chi connectivity index (χ3v) is 4.66. The quantitative estimate of drug-likeness (QED) is 0.427. The molecule has 1 atom stereocenters. The van der Waals surface area contributed by atoms with Crippen LogP contribution in [0.5, 0.6) is 0 Å². The second-order valence-electron chi connectivity index (χ2n) is 5.60. The molecule has 0 aliphatic carbocycles. The molecule has 7 heteroatoms. The smallest absolute Gasteiger partial charge is 0.245 e. The van der Waals surface area contributed by atoms with E-state index in [0.29, 0.717) is 13.1 Å². The van der Waals surface area contributed by atoms with Crippen molar-refractivity contribution in [2.45, 2.75) is 18.3 Å². The van der Waals surface area contributed by atoms with E-state index in [1.165, 1.54) is 5.56 Å². The molecule has 3 heterocycles. The van der Waals surface area contributed by atoms with Gasteiger partial charge in [-0.15, -0.1) is 22.6 Å². The summed E-state index contributed by atoms with van der Waals surface area (Å²) < 4.78 is 0. The molecule has 0 fully saturated rings. The Balaban J connectivity index is 0.00000169. The van der Waals surface area contributed by atoms with Crippen molar-refractivity contribution in [2.75, 3.05) is 6.54 Å². The number of aromatic amines is 1. The standard InChI is InChI=1S/C17H14ClN4O.W/c18-15(11-4-2-1-3-5-11)17(23)22-7-6-13-12(10-22)8-19-16-14(13)9-20-21-16;/h1-5,8,15H,6-7,10H2,(H,19,20,21);/q-1;. The van der Waals surface area contributed by atoms with Crippen molar-refractivity contribution in [1.29, 1.82) is 0 Å². The summed E-state index contributed by atoms with van der Waals surface area (Å²) in [5.74, 6) is -0.0696. The van der Waals surface area contributed by atoms with Gasteiger partial charge in [0.15, 0.2) is 0 Å². The van der Waals surface area contributed by atoms with Crippen LogP contribution >= 0.6 is 11.6 Å². The summed E-state index contributed by atoms with van der Waals surface area (Å²) in [7, 11) is 0. The average Bonchev–Trinajstić information content (AvgIpc) is 3.10. The number of benzene rings is 1. The SMILES string of the molecule is O=C(C(Cl)c1ccccc1)N1CCc2c(cnc3[nH]n[c-]c23)C1.[W]. The van der Waals surface area contributed by atoms with Crippen LogP contribution in [0.2, 0.25) is 0 Å². The Hall–Kier alpha value is -1.71. The first-order chi connectivity index (χ1) is 11.2. The minimum Gasteiger partial charge on any atom is -0.338 e. The largest absolute Gasteiger partial charge is 0.338 e. The molecule has 24 heavy (non-hydrogen) atoms. The van der Waals surface area contributed by atoms with Crippen molar-refractivity contribution < 1.29 is 25.9 Å². The van der Waals surface area contributed by atoms with Crippen molar-refractivity contribution in [1.82, 2.24) is 20.1 Å². The molecule has 0 saturated heterocycles. The zero-order valence-electron chi connectivity index (χ0n) is 12.7. The van der Waals surface area contributed by atoms with Gasteiger partial charge in [0.1, 0.15) is 5.38 Å². The molecule has 1 N–H and O–H groups in total. The van der Waals surface area contributed by atoms with Gasteiger partial charge < -0.3 is 15.0 Å². The maximum absolute atomic E-state index is 12.7. The first-order valence-electron chi connectivity index (χ1n) is 7.44. The van der Waals surface area contributed by atoms with Crippen LogP contribution in [-0.2, 0) is 38.8 Å². The normalized spacial score (nSPS) is 14.8. The monoisotopic (exact) mass is 509 g/mol. The molecule has 5 nitrogen and oxygen atoms in total. The number of aromatic nitrogens is 3. The number of carbonyl (C=O) groups is 1. The summed E-state index contributed by atoms with van der Waals surface area (Å²) in [6.07, 6.45) is 5.50. The van der Waals surface area contributed by atoms with Crippen molar-refractivity contribution in [3.8, 4) is 0 Å². The number of carbonyl (C=O) groups excluding carboxylic acids is 1. The maximum Gasteiger partial charge on any atom is 0.245 e. The molecule has 1 amide bonds. The van der Waals surface area contributed by atoms with Crippen LogP contribution in [0, 0.1) is 6.20 Å². The number of pyridine rings is 1. The third-order valence-electron chi connectivity index (χ3n) is 4.22. The van der Waals surface area contributed by atoms with Crippen LogP contribution < -0.4 is 0 Å². The van der Waals surface area contributed by atoms with Gasteiger partial charge in [-0.1, -0.05) is 42.3 Å². The Morgan fingerprint density at radius 2 is 2.12 bits per heavy atom. The number of hydrogen-bond acceptors (Lipinski definition) is 3. The zero-order chi connectivity index (χ0) is 15.8. The first kappa shape index (κ1) is 17.1. The van der Waals surface area contributed by atoms with E-state index >= 15 is 0 Å². The Morgan fingerprint density at radius 1 is 1.33 bits per heavy atom. The second kappa shape index (κ2) is 7.04. The molecule has 0 saturated carbocycles. The van der Waals surface area contributed by atoms with Gasteiger partial charge in [-0.2, -0.15) is 0 Å². The molecule has 0 radical (unpaired) electrons. The third kappa shape index (κ3) is 2.98. The second-order valence-corrected chi connectivity index (χ2v) is 6.04.